The molecule has 6 nitrogen and oxygen atoms in total. The Morgan fingerprint density at radius 1 is 1.21 bits per heavy atom. The third-order valence-corrected chi connectivity index (χ3v) is 6.46. The number of fused-ring (bicyclic) bond motifs is 3. The molecule has 1 unspecified atom stereocenters. The predicted molar refractivity (Wildman–Crippen MR) is 112 cm³/mol. The number of hydrogen-bond acceptors (Lipinski definition) is 5. The highest BCUT2D eigenvalue weighted by Crippen LogP contribution is 2.33. The van der Waals surface area contributed by atoms with Gasteiger partial charge in [0.25, 0.3) is 5.56 Å². The summed E-state index contributed by atoms with van der Waals surface area (Å²) >= 11 is 1.57. The number of nitrogens with zero attached hydrogens (tertiary/aromatic N) is 3. The number of benzene rings is 1. The van der Waals surface area contributed by atoms with E-state index in [1.54, 1.807) is 11.3 Å². The number of aromatic nitrogens is 3. The summed E-state index contributed by atoms with van der Waals surface area (Å²) in [5.41, 5.74) is 3.80. The van der Waals surface area contributed by atoms with Crippen molar-refractivity contribution >= 4 is 33.1 Å². The Morgan fingerprint density at radius 2 is 1.93 bits per heavy atom. The minimum absolute atomic E-state index is 0.202. The standard InChI is InChI=1S/C21H24N4O2S/c1-4-16(19(26)22-14-10-12(2)9-13(3)11-14)25-21(27)18-15-7-5-6-8-17(15)28-20(18)23-24-25/h9-11,16H,4-8H2,1-3H3,(H,22,26). The summed E-state index contributed by atoms with van der Waals surface area (Å²) in [5.74, 6) is -0.243. The zero-order valence-corrected chi connectivity index (χ0v) is 17.2. The van der Waals surface area contributed by atoms with Gasteiger partial charge in [0.15, 0.2) is 4.83 Å². The van der Waals surface area contributed by atoms with Crippen LogP contribution in [0.2, 0.25) is 0 Å². The zero-order chi connectivity index (χ0) is 19.8. The van der Waals surface area contributed by atoms with Crippen molar-refractivity contribution in [2.45, 2.75) is 58.9 Å². The second kappa shape index (κ2) is 7.47. The van der Waals surface area contributed by atoms with Gasteiger partial charge in [0.1, 0.15) is 6.04 Å². The van der Waals surface area contributed by atoms with Crippen LogP contribution in [0, 0.1) is 13.8 Å². The molecule has 1 N–H and O–H groups in total. The van der Waals surface area contributed by atoms with E-state index in [1.165, 1.54) is 9.56 Å². The Hall–Kier alpha value is -2.54. The summed E-state index contributed by atoms with van der Waals surface area (Å²) in [6.07, 6.45) is 4.60. The van der Waals surface area contributed by atoms with Crippen LogP contribution >= 0.6 is 11.3 Å². The summed E-state index contributed by atoms with van der Waals surface area (Å²) in [4.78, 5) is 28.1. The number of aryl methyl sites for hydroxylation is 4. The zero-order valence-electron chi connectivity index (χ0n) is 16.4. The fraction of sp³-hybridized carbons (Fsp3) is 0.429. The molecule has 7 heteroatoms. The molecule has 0 aliphatic heterocycles. The molecule has 1 aromatic carbocycles. The van der Waals surface area contributed by atoms with E-state index in [0.29, 0.717) is 16.6 Å². The number of rotatable bonds is 4. The van der Waals surface area contributed by atoms with Crippen LogP contribution in [0.4, 0.5) is 5.69 Å². The number of amides is 1. The minimum atomic E-state index is -0.690. The van der Waals surface area contributed by atoms with Crippen molar-refractivity contribution in [1.82, 2.24) is 15.0 Å². The van der Waals surface area contributed by atoms with Gasteiger partial charge in [-0.3, -0.25) is 9.59 Å². The highest BCUT2D eigenvalue weighted by atomic mass is 32.1. The van der Waals surface area contributed by atoms with Crippen LogP contribution in [0.15, 0.2) is 23.0 Å². The van der Waals surface area contributed by atoms with E-state index in [0.717, 1.165) is 48.1 Å². The normalized spacial score (nSPS) is 14.7. The quantitative estimate of drug-likeness (QED) is 0.725. The molecule has 0 saturated heterocycles. The number of hydrogen-bond donors (Lipinski definition) is 1. The second-order valence-electron chi connectivity index (χ2n) is 7.52. The number of thiophene rings is 1. The lowest BCUT2D eigenvalue weighted by atomic mass is 9.97. The van der Waals surface area contributed by atoms with Gasteiger partial charge in [-0.15, -0.1) is 16.4 Å². The highest BCUT2D eigenvalue weighted by Gasteiger charge is 2.26. The first-order chi connectivity index (χ1) is 13.5. The Labute approximate surface area is 167 Å². The average Bonchev–Trinajstić information content (AvgIpc) is 3.02. The molecule has 2 aromatic heterocycles. The smallest absolute Gasteiger partial charge is 0.279 e. The molecule has 3 aromatic rings. The molecular formula is C21H24N4O2S. The molecule has 28 heavy (non-hydrogen) atoms. The maximum Gasteiger partial charge on any atom is 0.279 e. The van der Waals surface area contributed by atoms with Crippen molar-refractivity contribution in [1.29, 1.82) is 0 Å². The first kappa shape index (κ1) is 18.8. The van der Waals surface area contributed by atoms with Crippen LogP contribution < -0.4 is 10.9 Å². The van der Waals surface area contributed by atoms with Gasteiger partial charge in [-0.05, 0) is 74.8 Å². The van der Waals surface area contributed by atoms with Gasteiger partial charge in [0.2, 0.25) is 5.91 Å². The summed E-state index contributed by atoms with van der Waals surface area (Å²) in [7, 11) is 0. The number of anilines is 1. The average molecular weight is 397 g/mol. The van der Waals surface area contributed by atoms with Gasteiger partial charge in [-0.25, -0.2) is 0 Å². The third-order valence-electron chi connectivity index (χ3n) is 5.28. The molecule has 0 spiro atoms. The Morgan fingerprint density at radius 3 is 2.64 bits per heavy atom. The van der Waals surface area contributed by atoms with E-state index in [2.05, 4.69) is 21.7 Å². The Bertz CT molecular complexity index is 1100. The van der Waals surface area contributed by atoms with Crippen LogP contribution in [0.25, 0.3) is 10.2 Å². The first-order valence-corrected chi connectivity index (χ1v) is 10.6. The molecule has 0 fully saturated rings. The lowest BCUT2D eigenvalue weighted by molar-refractivity contribution is -0.119. The molecule has 4 rings (SSSR count). The van der Waals surface area contributed by atoms with Gasteiger partial charge in [0.05, 0.1) is 5.39 Å². The minimum Gasteiger partial charge on any atom is -0.324 e. The molecule has 146 valence electrons. The molecular weight excluding hydrogens is 372 g/mol. The van der Waals surface area contributed by atoms with Crippen molar-refractivity contribution in [3.05, 3.63) is 50.1 Å². The fourth-order valence-corrected chi connectivity index (χ4v) is 5.23. The summed E-state index contributed by atoms with van der Waals surface area (Å²) in [5, 5.41) is 12.0. The van der Waals surface area contributed by atoms with Gasteiger partial charge in [0, 0.05) is 10.6 Å². The van der Waals surface area contributed by atoms with Crippen LogP contribution in [0.3, 0.4) is 0 Å². The Balaban J connectivity index is 1.71. The molecule has 0 saturated carbocycles. The van der Waals surface area contributed by atoms with Crippen molar-refractivity contribution in [3.63, 3.8) is 0 Å². The summed E-state index contributed by atoms with van der Waals surface area (Å²) in [6.45, 7) is 5.86. The van der Waals surface area contributed by atoms with E-state index in [1.807, 2.05) is 32.9 Å². The monoisotopic (exact) mass is 396 g/mol. The Kier molecular flexibility index (Phi) is 5.02. The predicted octanol–water partition coefficient (Wildman–Crippen LogP) is 3.94. The van der Waals surface area contributed by atoms with Crippen molar-refractivity contribution in [3.8, 4) is 0 Å². The molecule has 1 atom stereocenters. The topological polar surface area (TPSA) is 76.9 Å². The SMILES string of the molecule is CCC(C(=O)Nc1cc(C)cc(C)c1)n1nnc2sc3c(c2c1=O)CCCC3. The third kappa shape index (κ3) is 3.35. The number of nitrogens with one attached hydrogen (secondary N) is 1. The van der Waals surface area contributed by atoms with E-state index >= 15 is 0 Å². The maximum atomic E-state index is 13.2. The van der Waals surface area contributed by atoms with Crippen LogP contribution in [0.1, 0.15) is 53.8 Å². The lowest BCUT2D eigenvalue weighted by Gasteiger charge is -2.17. The number of carbonyl (C=O) groups excluding carboxylic acids is 1. The summed E-state index contributed by atoms with van der Waals surface area (Å²) < 4.78 is 1.27. The van der Waals surface area contributed by atoms with Gasteiger partial charge < -0.3 is 5.32 Å². The van der Waals surface area contributed by atoms with E-state index in [-0.39, 0.29) is 11.5 Å². The van der Waals surface area contributed by atoms with Crippen molar-refractivity contribution < 1.29 is 4.79 Å². The molecule has 1 aliphatic rings. The number of carbonyl (C=O) groups is 1. The summed E-state index contributed by atoms with van der Waals surface area (Å²) in [6, 6.07) is 5.20. The van der Waals surface area contributed by atoms with Gasteiger partial charge >= 0.3 is 0 Å². The highest BCUT2D eigenvalue weighted by molar-refractivity contribution is 7.18. The van der Waals surface area contributed by atoms with E-state index < -0.39 is 6.04 Å². The molecule has 2 heterocycles. The van der Waals surface area contributed by atoms with Crippen LogP contribution in [-0.4, -0.2) is 20.9 Å². The first-order valence-electron chi connectivity index (χ1n) is 9.77. The largest absolute Gasteiger partial charge is 0.324 e. The van der Waals surface area contributed by atoms with E-state index in [9.17, 15) is 9.59 Å². The van der Waals surface area contributed by atoms with Crippen LogP contribution in [-0.2, 0) is 17.6 Å². The molecule has 0 bridgehead atoms. The fourth-order valence-electron chi connectivity index (χ4n) is 4.03. The second-order valence-corrected chi connectivity index (χ2v) is 8.60. The van der Waals surface area contributed by atoms with Crippen LogP contribution in [0.5, 0.6) is 0 Å². The van der Waals surface area contributed by atoms with Gasteiger partial charge in [-0.1, -0.05) is 18.2 Å². The van der Waals surface area contributed by atoms with Crippen molar-refractivity contribution in [2.75, 3.05) is 5.32 Å². The molecule has 1 aliphatic carbocycles. The van der Waals surface area contributed by atoms with E-state index in [4.69, 9.17) is 0 Å². The molecule has 0 radical (unpaired) electrons. The lowest BCUT2D eigenvalue weighted by Crippen LogP contribution is -2.35. The van der Waals surface area contributed by atoms with Gasteiger partial charge in [-0.2, -0.15) is 4.68 Å². The maximum absolute atomic E-state index is 13.2. The molecule has 1 amide bonds. The van der Waals surface area contributed by atoms with Crippen molar-refractivity contribution in [2.24, 2.45) is 0 Å².